The molecular weight excluding hydrogens is 290 g/mol. The number of para-hydroxylation sites is 1. The second-order valence-corrected chi connectivity index (χ2v) is 6.43. The molecule has 122 valence electrons. The summed E-state index contributed by atoms with van der Waals surface area (Å²) >= 11 is 0. The minimum Gasteiger partial charge on any atom is -0.338 e. The Morgan fingerprint density at radius 3 is 2.87 bits per heavy atom. The number of carbonyl (C=O) groups is 1. The number of benzene rings is 1. The summed E-state index contributed by atoms with van der Waals surface area (Å²) in [6, 6.07) is 9.04. The lowest BCUT2D eigenvalue weighted by atomic mass is 9.92. The summed E-state index contributed by atoms with van der Waals surface area (Å²) in [4.78, 5) is 26.6. The van der Waals surface area contributed by atoms with Crippen molar-refractivity contribution in [1.29, 1.82) is 0 Å². The summed E-state index contributed by atoms with van der Waals surface area (Å²) in [5.41, 5.74) is 6.63. The molecule has 2 atom stereocenters. The molecule has 23 heavy (non-hydrogen) atoms. The van der Waals surface area contributed by atoms with Gasteiger partial charge in [-0.2, -0.15) is 0 Å². The van der Waals surface area contributed by atoms with E-state index in [2.05, 4.69) is 6.92 Å². The molecule has 1 aromatic carbocycles. The zero-order chi connectivity index (χ0) is 16.4. The van der Waals surface area contributed by atoms with E-state index in [1.807, 2.05) is 27.7 Å². The summed E-state index contributed by atoms with van der Waals surface area (Å²) in [6.45, 7) is 3.71. The van der Waals surface area contributed by atoms with Gasteiger partial charge in [-0.05, 0) is 30.9 Å². The van der Waals surface area contributed by atoms with Gasteiger partial charge >= 0.3 is 0 Å². The van der Waals surface area contributed by atoms with Crippen LogP contribution in [0, 0.1) is 5.92 Å². The van der Waals surface area contributed by atoms with Crippen molar-refractivity contribution >= 4 is 16.8 Å². The number of nitrogens with two attached hydrogens (primary N) is 1. The maximum atomic E-state index is 12.7. The molecule has 1 aliphatic rings. The van der Waals surface area contributed by atoms with Crippen LogP contribution in [0.3, 0.4) is 0 Å². The first-order valence-corrected chi connectivity index (χ1v) is 8.18. The third kappa shape index (κ3) is 3.15. The average molecular weight is 313 g/mol. The second-order valence-electron chi connectivity index (χ2n) is 6.43. The number of nitrogens with zero attached hydrogens (tertiary/aromatic N) is 2. The van der Waals surface area contributed by atoms with Gasteiger partial charge in [-0.15, -0.1) is 0 Å². The van der Waals surface area contributed by atoms with Crippen LogP contribution in [0.25, 0.3) is 10.9 Å². The molecule has 0 radical (unpaired) electrons. The Kier molecular flexibility index (Phi) is 4.48. The van der Waals surface area contributed by atoms with Gasteiger partial charge < -0.3 is 15.2 Å². The zero-order valence-corrected chi connectivity index (χ0v) is 13.4. The van der Waals surface area contributed by atoms with Gasteiger partial charge in [0.1, 0.15) is 6.54 Å². The maximum absolute atomic E-state index is 12.7. The Morgan fingerprint density at radius 1 is 1.30 bits per heavy atom. The van der Waals surface area contributed by atoms with E-state index in [1.54, 1.807) is 12.3 Å². The fourth-order valence-corrected chi connectivity index (χ4v) is 3.44. The molecular formula is C18H23N3O2. The SMILES string of the molecule is CC1CCN(C(=O)Cn2ccc(=O)c3ccccc32)C(CN)C1. The van der Waals surface area contributed by atoms with Crippen LogP contribution in [0.4, 0.5) is 0 Å². The van der Waals surface area contributed by atoms with E-state index in [-0.39, 0.29) is 23.9 Å². The first kappa shape index (κ1) is 15.7. The molecule has 1 fully saturated rings. The molecule has 1 saturated heterocycles. The maximum Gasteiger partial charge on any atom is 0.242 e. The number of pyridine rings is 1. The standard InChI is InChI=1S/C18H23N3O2/c1-13-6-9-21(14(10-13)11-19)18(23)12-20-8-7-17(22)15-4-2-3-5-16(15)20/h2-5,7-8,13-14H,6,9-12,19H2,1H3. The molecule has 1 aliphatic heterocycles. The molecule has 1 amide bonds. The number of fused-ring (bicyclic) bond motifs is 1. The van der Waals surface area contributed by atoms with E-state index in [4.69, 9.17) is 5.73 Å². The Hall–Kier alpha value is -2.14. The van der Waals surface area contributed by atoms with Gasteiger partial charge in [0.2, 0.25) is 5.91 Å². The van der Waals surface area contributed by atoms with Crippen molar-refractivity contribution in [3.8, 4) is 0 Å². The van der Waals surface area contributed by atoms with Gasteiger partial charge in [0, 0.05) is 36.8 Å². The molecule has 5 nitrogen and oxygen atoms in total. The van der Waals surface area contributed by atoms with E-state index >= 15 is 0 Å². The van der Waals surface area contributed by atoms with Crippen molar-refractivity contribution in [1.82, 2.24) is 9.47 Å². The van der Waals surface area contributed by atoms with Crippen molar-refractivity contribution in [3.63, 3.8) is 0 Å². The van der Waals surface area contributed by atoms with Crippen molar-refractivity contribution in [2.24, 2.45) is 11.7 Å². The van der Waals surface area contributed by atoms with E-state index < -0.39 is 0 Å². The molecule has 2 aromatic rings. The Morgan fingerprint density at radius 2 is 2.09 bits per heavy atom. The average Bonchev–Trinajstić information content (AvgIpc) is 2.57. The lowest BCUT2D eigenvalue weighted by Gasteiger charge is -2.38. The fourth-order valence-electron chi connectivity index (χ4n) is 3.44. The predicted molar refractivity (Wildman–Crippen MR) is 91.2 cm³/mol. The van der Waals surface area contributed by atoms with Crippen molar-refractivity contribution < 1.29 is 4.79 Å². The van der Waals surface area contributed by atoms with Crippen LogP contribution < -0.4 is 11.2 Å². The van der Waals surface area contributed by atoms with Crippen LogP contribution in [0.2, 0.25) is 0 Å². The summed E-state index contributed by atoms with van der Waals surface area (Å²) < 4.78 is 1.85. The number of hydrogen-bond donors (Lipinski definition) is 1. The molecule has 2 heterocycles. The summed E-state index contributed by atoms with van der Waals surface area (Å²) in [6.07, 6.45) is 3.69. The Balaban J connectivity index is 1.86. The van der Waals surface area contributed by atoms with Gasteiger partial charge in [0.05, 0.1) is 5.52 Å². The number of rotatable bonds is 3. The number of hydrogen-bond acceptors (Lipinski definition) is 3. The zero-order valence-electron chi connectivity index (χ0n) is 13.4. The molecule has 0 bridgehead atoms. The summed E-state index contributed by atoms with van der Waals surface area (Å²) in [7, 11) is 0. The molecule has 2 unspecified atom stereocenters. The first-order chi connectivity index (χ1) is 11.1. The minimum absolute atomic E-state index is 0.0177. The van der Waals surface area contributed by atoms with Gasteiger partial charge in [0.15, 0.2) is 5.43 Å². The molecule has 1 aromatic heterocycles. The first-order valence-electron chi connectivity index (χ1n) is 8.18. The van der Waals surface area contributed by atoms with E-state index in [0.29, 0.717) is 17.8 Å². The molecule has 0 aliphatic carbocycles. The predicted octanol–water partition coefficient (Wildman–Crippen LogP) is 1.59. The van der Waals surface area contributed by atoms with E-state index in [1.165, 1.54) is 6.07 Å². The smallest absolute Gasteiger partial charge is 0.242 e. The fraction of sp³-hybridized carbons (Fsp3) is 0.444. The highest BCUT2D eigenvalue weighted by Crippen LogP contribution is 2.22. The number of piperidine rings is 1. The number of carbonyl (C=O) groups excluding carboxylic acids is 1. The van der Waals surface area contributed by atoms with Crippen LogP contribution in [0.5, 0.6) is 0 Å². The van der Waals surface area contributed by atoms with Crippen LogP contribution in [0.15, 0.2) is 41.3 Å². The topological polar surface area (TPSA) is 68.3 Å². The Bertz CT molecular complexity index is 768. The summed E-state index contributed by atoms with van der Waals surface area (Å²) in [5.74, 6) is 0.682. The van der Waals surface area contributed by atoms with Gasteiger partial charge in [0.25, 0.3) is 0 Å². The monoisotopic (exact) mass is 313 g/mol. The molecule has 2 N–H and O–H groups in total. The molecule has 3 rings (SSSR count). The number of likely N-dealkylation sites (tertiary alicyclic amines) is 1. The second kappa shape index (κ2) is 6.54. The largest absolute Gasteiger partial charge is 0.338 e. The summed E-state index contributed by atoms with van der Waals surface area (Å²) in [5, 5.41) is 0.644. The highest BCUT2D eigenvalue weighted by molar-refractivity contribution is 5.82. The van der Waals surface area contributed by atoms with Gasteiger partial charge in [-0.25, -0.2) is 0 Å². The normalized spacial score (nSPS) is 21.6. The van der Waals surface area contributed by atoms with Crippen LogP contribution >= 0.6 is 0 Å². The van der Waals surface area contributed by atoms with Crippen molar-refractivity contribution in [3.05, 3.63) is 46.8 Å². The van der Waals surface area contributed by atoms with Crippen LogP contribution in [-0.2, 0) is 11.3 Å². The van der Waals surface area contributed by atoms with Crippen LogP contribution in [0.1, 0.15) is 19.8 Å². The van der Waals surface area contributed by atoms with Crippen molar-refractivity contribution in [2.75, 3.05) is 13.1 Å². The van der Waals surface area contributed by atoms with Crippen LogP contribution in [-0.4, -0.2) is 34.5 Å². The van der Waals surface area contributed by atoms with E-state index in [9.17, 15) is 9.59 Å². The number of aromatic nitrogens is 1. The minimum atomic E-state index is -0.0177. The Labute approximate surface area is 135 Å². The molecule has 0 saturated carbocycles. The lowest BCUT2D eigenvalue weighted by molar-refractivity contribution is -0.135. The van der Waals surface area contributed by atoms with E-state index in [0.717, 1.165) is 24.9 Å². The molecule has 5 heteroatoms. The third-order valence-electron chi connectivity index (χ3n) is 4.76. The highest BCUT2D eigenvalue weighted by atomic mass is 16.2. The third-order valence-corrected chi connectivity index (χ3v) is 4.76. The lowest BCUT2D eigenvalue weighted by Crippen LogP contribution is -2.50. The van der Waals surface area contributed by atoms with Gasteiger partial charge in [-0.3, -0.25) is 9.59 Å². The highest BCUT2D eigenvalue weighted by Gasteiger charge is 2.28. The van der Waals surface area contributed by atoms with Gasteiger partial charge in [-0.1, -0.05) is 19.1 Å². The van der Waals surface area contributed by atoms with Crippen molar-refractivity contribution in [2.45, 2.75) is 32.4 Å². The molecule has 0 spiro atoms. The number of amides is 1. The quantitative estimate of drug-likeness (QED) is 0.935.